The summed E-state index contributed by atoms with van der Waals surface area (Å²) in [7, 11) is 0. The van der Waals surface area contributed by atoms with E-state index in [4.69, 9.17) is 0 Å². The van der Waals surface area contributed by atoms with E-state index in [1.807, 2.05) is 13.0 Å². The van der Waals surface area contributed by atoms with Crippen molar-refractivity contribution in [3.63, 3.8) is 0 Å². The van der Waals surface area contributed by atoms with Crippen LogP contribution in [-0.4, -0.2) is 16.0 Å². The smallest absolute Gasteiger partial charge is 0.260 e. The average Bonchev–Trinajstić information content (AvgIpc) is 2.36. The number of phenolic OH excluding ortho intramolecular Hbond substituents is 1. The number of amides is 1. The molecule has 2 aromatic rings. The van der Waals surface area contributed by atoms with Crippen LogP contribution in [0.5, 0.6) is 5.75 Å². The van der Waals surface area contributed by atoms with Crippen LogP contribution in [0.15, 0.2) is 39.4 Å². The van der Waals surface area contributed by atoms with Crippen LogP contribution in [0.2, 0.25) is 0 Å². The van der Waals surface area contributed by atoms with Gasteiger partial charge in [0.05, 0.1) is 10.0 Å². The molecule has 1 amide bonds. The molecule has 1 aromatic heterocycles. The van der Waals surface area contributed by atoms with E-state index in [2.05, 4.69) is 42.2 Å². The van der Waals surface area contributed by atoms with E-state index < -0.39 is 5.91 Å². The number of rotatable bonds is 2. The molecule has 0 unspecified atom stereocenters. The predicted octanol–water partition coefficient (Wildman–Crippen LogP) is 3.87. The van der Waals surface area contributed by atoms with Gasteiger partial charge in [0.25, 0.3) is 5.91 Å². The lowest BCUT2D eigenvalue weighted by Gasteiger charge is -2.09. The number of carbonyl (C=O) groups excluding carboxylic acids is 1. The van der Waals surface area contributed by atoms with Gasteiger partial charge in [-0.05, 0) is 46.6 Å². The Bertz CT molecular complexity index is 645. The number of aryl methyl sites for hydroxylation is 1. The summed E-state index contributed by atoms with van der Waals surface area (Å²) < 4.78 is 1.14. The zero-order valence-corrected chi connectivity index (χ0v) is 13.1. The lowest BCUT2D eigenvalue weighted by Crippen LogP contribution is -2.14. The number of anilines is 1. The Kier molecular flexibility index (Phi) is 4.21. The summed E-state index contributed by atoms with van der Waals surface area (Å²) in [6, 6.07) is 6.85. The molecule has 98 valence electrons. The van der Waals surface area contributed by atoms with Gasteiger partial charge in [-0.1, -0.05) is 22.0 Å². The van der Waals surface area contributed by atoms with E-state index in [-0.39, 0.29) is 11.3 Å². The second-order valence-corrected chi connectivity index (χ2v) is 5.68. The van der Waals surface area contributed by atoms with E-state index >= 15 is 0 Å². The number of aromatic hydroxyl groups is 1. The molecule has 0 aliphatic heterocycles. The van der Waals surface area contributed by atoms with Crippen LogP contribution < -0.4 is 5.32 Å². The molecule has 0 saturated heterocycles. The number of phenols is 1. The molecule has 0 saturated carbocycles. The minimum atomic E-state index is -0.415. The lowest BCUT2D eigenvalue weighted by molar-refractivity contribution is 0.102. The van der Waals surface area contributed by atoms with Crippen molar-refractivity contribution in [3.05, 3.63) is 50.5 Å². The molecule has 0 atom stereocenters. The van der Waals surface area contributed by atoms with Crippen LogP contribution in [-0.2, 0) is 0 Å². The fourth-order valence-electron chi connectivity index (χ4n) is 1.53. The van der Waals surface area contributed by atoms with Crippen molar-refractivity contribution in [2.24, 2.45) is 0 Å². The first-order valence-electron chi connectivity index (χ1n) is 5.40. The first-order valence-corrected chi connectivity index (χ1v) is 6.98. The van der Waals surface area contributed by atoms with Crippen molar-refractivity contribution in [1.29, 1.82) is 0 Å². The Morgan fingerprint density at radius 3 is 2.79 bits per heavy atom. The Hall–Kier alpha value is -1.40. The summed E-state index contributed by atoms with van der Waals surface area (Å²) in [5.74, 6) is -0.0430. The number of halogens is 2. The van der Waals surface area contributed by atoms with E-state index in [0.29, 0.717) is 14.8 Å². The average molecular weight is 386 g/mol. The standard InChI is InChI=1S/C13H10Br2N2O2/c1-7-3-2-4-16-12(7)17-13(19)9-5-8(14)6-10(15)11(9)18/h2-6,18H,1H3,(H,16,17,19). The molecule has 0 radical (unpaired) electrons. The zero-order chi connectivity index (χ0) is 14.0. The second-order valence-electron chi connectivity index (χ2n) is 3.91. The van der Waals surface area contributed by atoms with Gasteiger partial charge in [-0.25, -0.2) is 4.98 Å². The van der Waals surface area contributed by atoms with Crippen molar-refractivity contribution in [3.8, 4) is 5.75 Å². The fourth-order valence-corrected chi connectivity index (χ4v) is 2.76. The molecule has 1 aromatic carbocycles. The van der Waals surface area contributed by atoms with E-state index in [1.54, 1.807) is 24.4 Å². The van der Waals surface area contributed by atoms with Crippen molar-refractivity contribution in [2.45, 2.75) is 6.92 Å². The molecule has 19 heavy (non-hydrogen) atoms. The van der Waals surface area contributed by atoms with Gasteiger partial charge < -0.3 is 10.4 Å². The van der Waals surface area contributed by atoms with Crippen molar-refractivity contribution in [1.82, 2.24) is 4.98 Å². The number of nitrogens with one attached hydrogen (secondary N) is 1. The topological polar surface area (TPSA) is 62.2 Å². The monoisotopic (exact) mass is 384 g/mol. The molecular formula is C13H10Br2N2O2. The SMILES string of the molecule is Cc1cccnc1NC(=O)c1cc(Br)cc(Br)c1O. The number of pyridine rings is 1. The van der Waals surface area contributed by atoms with Crippen molar-refractivity contribution >= 4 is 43.6 Å². The number of nitrogens with zero attached hydrogens (tertiary/aromatic N) is 1. The molecule has 0 aliphatic carbocycles. The zero-order valence-electron chi connectivity index (χ0n) is 9.95. The summed E-state index contributed by atoms with van der Waals surface area (Å²) in [5.41, 5.74) is 1.02. The van der Waals surface area contributed by atoms with Crippen LogP contribution >= 0.6 is 31.9 Å². The third kappa shape index (κ3) is 3.13. The predicted molar refractivity (Wildman–Crippen MR) is 80.4 cm³/mol. The summed E-state index contributed by atoms with van der Waals surface area (Å²) in [6.07, 6.45) is 1.60. The van der Waals surface area contributed by atoms with E-state index in [0.717, 1.165) is 5.56 Å². The minimum Gasteiger partial charge on any atom is -0.506 e. The van der Waals surface area contributed by atoms with Gasteiger partial charge in [0.2, 0.25) is 0 Å². The summed E-state index contributed by atoms with van der Waals surface area (Å²) in [4.78, 5) is 16.2. The van der Waals surface area contributed by atoms with Crippen LogP contribution in [0, 0.1) is 6.92 Å². The van der Waals surface area contributed by atoms with Gasteiger partial charge in [0.1, 0.15) is 11.6 Å². The summed E-state index contributed by atoms with van der Waals surface area (Å²) >= 11 is 6.47. The third-order valence-corrected chi connectivity index (χ3v) is 3.58. The van der Waals surface area contributed by atoms with Gasteiger partial charge in [-0.15, -0.1) is 0 Å². The van der Waals surface area contributed by atoms with Crippen molar-refractivity contribution in [2.75, 3.05) is 5.32 Å². The Morgan fingerprint density at radius 2 is 2.11 bits per heavy atom. The molecule has 4 nitrogen and oxygen atoms in total. The number of hydrogen-bond acceptors (Lipinski definition) is 3. The van der Waals surface area contributed by atoms with Crippen LogP contribution in [0.4, 0.5) is 5.82 Å². The Balaban J connectivity index is 2.33. The van der Waals surface area contributed by atoms with Crippen LogP contribution in [0.3, 0.4) is 0 Å². The number of hydrogen-bond donors (Lipinski definition) is 2. The fraction of sp³-hybridized carbons (Fsp3) is 0.0769. The Morgan fingerprint density at radius 1 is 1.37 bits per heavy atom. The maximum Gasteiger partial charge on any atom is 0.260 e. The van der Waals surface area contributed by atoms with Gasteiger partial charge in [0, 0.05) is 10.7 Å². The molecule has 0 fully saturated rings. The first-order chi connectivity index (χ1) is 8.99. The highest BCUT2D eigenvalue weighted by molar-refractivity contribution is 9.11. The maximum absolute atomic E-state index is 12.1. The number of aromatic nitrogens is 1. The van der Waals surface area contributed by atoms with Gasteiger partial charge in [0.15, 0.2) is 0 Å². The Labute approximate surface area is 127 Å². The molecule has 2 N–H and O–H groups in total. The minimum absolute atomic E-state index is 0.103. The molecule has 2 rings (SSSR count). The van der Waals surface area contributed by atoms with E-state index in [1.165, 1.54) is 0 Å². The van der Waals surface area contributed by atoms with Gasteiger partial charge >= 0.3 is 0 Å². The molecule has 1 heterocycles. The summed E-state index contributed by atoms with van der Waals surface area (Å²) in [6.45, 7) is 1.85. The van der Waals surface area contributed by atoms with Crippen LogP contribution in [0.25, 0.3) is 0 Å². The van der Waals surface area contributed by atoms with E-state index in [9.17, 15) is 9.90 Å². The third-order valence-electron chi connectivity index (χ3n) is 2.51. The molecule has 0 bridgehead atoms. The van der Waals surface area contributed by atoms with Crippen LogP contribution in [0.1, 0.15) is 15.9 Å². The maximum atomic E-state index is 12.1. The highest BCUT2D eigenvalue weighted by Crippen LogP contribution is 2.32. The molecule has 0 spiro atoms. The quantitative estimate of drug-likeness (QED) is 0.824. The molecule has 6 heteroatoms. The lowest BCUT2D eigenvalue weighted by atomic mass is 10.2. The number of benzene rings is 1. The van der Waals surface area contributed by atoms with Gasteiger partial charge in [-0.3, -0.25) is 4.79 Å². The first kappa shape index (κ1) is 14.0. The van der Waals surface area contributed by atoms with Gasteiger partial charge in [-0.2, -0.15) is 0 Å². The number of carbonyl (C=O) groups is 1. The molecular weight excluding hydrogens is 376 g/mol. The second kappa shape index (κ2) is 5.71. The normalized spacial score (nSPS) is 10.3. The summed E-state index contributed by atoms with van der Waals surface area (Å²) in [5, 5.41) is 12.6. The highest BCUT2D eigenvalue weighted by Gasteiger charge is 2.16. The largest absolute Gasteiger partial charge is 0.506 e. The van der Waals surface area contributed by atoms with Crippen molar-refractivity contribution < 1.29 is 9.90 Å². The molecule has 0 aliphatic rings. The highest BCUT2D eigenvalue weighted by atomic mass is 79.9.